The van der Waals surface area contributed by atoms with Crippen LogP contribution in [0.5, 0.6) is 0 Å². The fourth-order valence-corrected chi connectivity index (χ4v) is 3.28. The molecule has 24 heavy (non-hydrogen) atoms. The summed E-state index contributed by atoms with van der Waals surface area (Å²) in [5.74, 6) is -0.303. The zero-order chi connectivity index (χ0) is 17.3. The molecule has 0 spiro atoms. The predicted molar refractivity (Wildman–Crippen MR) is 91.9 cm³/mol. The number of aliphatic hydroxyl groups excluding tert-OH is 1. The highest BCUT2D eigenvalue weighted by Crippen LogP contribution is 2.25. The molecule has 3 rings (SSSR count). The molecule has 0 unspecified atom stereocenters. The number of aromatic nitrogens is 4. The van der Waals surface area contributed by atoms with Gasteiger partial charge in [-0.2, -0.15) is 21.5 Å². The van der Waals surface area contributed by atoms with Gasteiger partial charge in [-0.3, -0.25) is 14.6 Å². The van der Waals surface area contributed by atoms with Gasteiger partial charge in [-0.05, 0) is 42.3 Å². The van der Waals surface area contributed by atoms with Gasteiger partial charge in [-0.15, -0.1) is 0 Å². The van der Waals surface area contributed by atoms with E-state index < -0.39 is 6.10 Å². The lowest BCUT2D eigenvalue weighted by Gasteiger charge is -2.09. The highest BCUT2D eigenvalue weighted by Gasteiger charge is 2.18. The Kier molecular flexibility index (Phi) is 4.50. The first-order valence-corrected chi connectivity index (χ1v) is 8.46. The minimum absolute atomic E-state index is 0.148. The fourth-order valence-electron chi connectivity index (χ4n) is 2.58. The fraction of sp³-hybridized carbons (Fsp3) is 0.312. The summed E-state index contributed by atoms with van der Waals surface area (Å²) in [4.78, 5) is 12.2. The van der Waals surface area contributed by atoms with Gasteiger partial charge in [0, 0.05) is 24.8 Å². The van der Waals surface area contributed by atoms with Crippen LogP contribution in [0.1, 0.15) is 33.5 Å². The second kappa shape index (κ2) is 6.58. The van der Waals surface area contributed by atoms with Crippen LogP contribution >= 0.6 is 11.3 Å². The number of H-pyrrole nitrogens is 1. The Hall–Kier alpha value is -2.45. The average molecular weight is 345 g/mol. The van der Waals surface area contributed by atoms with Crippen molar-refractivity contribution in [3.05, 3.63) is 45.5 Å². The molecule has 3 aromatic rings. The lowest BCUT2D eigenvalue weighted by molar-refractivity contribution is 0.0911. The first-order chi connectivity index (χ1) is 11.5. The van der Waals surface area contributed by atoms with Gasteiger partial charge in [0.15, 0.2) is 0 Å². The van der Waals surface area contributed by atoms with Gasteiger partial charge in [0.05, 0.1) is 17.5 Å². The molecule has 0 saturated heterocycles. The van der Waals surface area contributed by atoms with E-state index in [-0.39, 0.29) is 12.5 Å². The summed E-state index contributed by atoms with van der Waals surface area (Å²) < 4.78 is 1.79. The third kappa shape index (κ3) is 3.10. The molecule has 126 valence electrons. The predicted octanol–water partition coefficient (Wildman–Crippen LogP) is 1.95. The highest BCUT2D eigenvalue weighted by atomic mass is 32.1. The van der Waals surface area contributed by atoms with E-state index in [0.29, 0.717) is 11.4 Å². The number of aliphatic hydroxyl groups is 1. The van der Waals surface area contributed by atoms with Gasteiger partial charge in [-0.1, -0.05) is 0 Å². The molecule has 0 aromatic carbocycles. The Morgan fingerprint density at radius 2 is 2.29 bits per heavy atom. The van der Waals surface area contributed by atoms with Crippen molar-refractivity contribution in [1.82, 2.24) is 25.3 Å². The second-order valence-electron chi connectivity index (χ2n) is 5.62. The van der Waals surface area contributed by atoms with Crippen LogP contribution in [0.25, 0.3) is 11.3 Å². The molecular weight excluding hydrogens is 326 g/mol. The molecule has 0 fully saturated rings. The maximum atomic E-state index is 12.2. The smallest absolute Gasteiger partial charge is 0.269 e. The molecule has 0 radical (unpaired) electrons. The molecule has 8 heteroatoms. The van der Waals surface area contributed by atoms with E-state index in [9.17, 15) is 9.90 Å². The van der Waals surface area contributed by atoms with Crippen LogP contribution in [-0.2, 0) is 7.05 Å². The highest BCUT2D eigenvalue weighted by molar-refractivity contribution is 7.07. The topological polar surface area (TPSA) is 95.8 Å². The Bertz CT molecular complexity index is 850. The number of nitrogens with one attached hydrogen (secondary N) is 2. The third-order valence-electron chi connectivity index (χ3n) is 3.97. The lowest BCUT2D eigenvalue weighted by Crippen LogP contribution is -2.28. The van der Waals surface area contributed by atoms with Crippen molar-refractivity contribution in [3.63, 3.8) is 0 Å². The summed E-state index contributed by atoms with van der Waals surface area (Å²) in [5.41, 5.74) is 4.60. The second-order valence-corrected chi connectivity index (χ2v) is 6.40. The van der Waals surface area contributed by atoms with E-state index in [2.05, 4.69) is 20.6 Å². The lowest BCUT2D eigenvalue weighted by atomic mass is 10.1. The maximum absolute atomic E-state index is 12.2. The van der Waals surface area contributed by atoms with Crippen molar-refractivity contribution >= 4 is 17.2 Å². The molecule has 0 aliphatic carbocycles. The first kappa shape index (κ1) is 16.4. The third-order valence-corrected chi connectivity index (χ3v) is 4.67. The molecule has 0 bridgehead atoms. The van der Waals surface area contributed by atoms with Crippen LogP contribution in [0.4, 0.5) is 0 Å². The van der Waals surface area contributed by atoms with Gasteiger partial charge in [0.1, 0.15) is 5.69 Å². The van der Waals surface area contributed by atoms with Crippen LogP contribution in [0.3, 0.4) is 0 Å². The summed E-state index contributed by atoms with van der Waals surface area (Å²) in [5, 5.41) is 27.8. The molecule has 1 amide bonds. The van der Waals surface area contributed by atoms with Gasteiger partial charge in [0.25, 0.3) is 5.91 Å². The van der Waals surface area contributed by atoms with Crippen LogP contribution in [-0.4, -0.2) is 37.5 Å². The number of hydrogen-bond donors (Lipinski definition) is 3. The van der Waals surface area contributed by atoms with E-state index in [1.54, 1.807) is 10.7 Å². The molecular formula is C16H19N5O2S. The zero-order valence-electron chi connectivity index (χ0n) is 13.7. The first-order valence-electron chi connectivity index (χ1n) is 7.51. The summed E-state index contributed by atoms with van der Waals surface area (Å²) in [6.07, 6.45) is -0.717. The van der Waals surface area contributed by atoms with Gasteiger partial charge < -0.3 is 10.4 Å². The number of amides is 1. The number of aromatic amines is 1. The largest absolute Gasteiger partial charge is 0.387 e. The van der Waals surface area contributed by atoms with E-state index in [1.807, 2.05) is 37.7 Å². The quantitative estimate of drug-likeness (QED) is 0.658. The Morgan fingerprint density at radius 3 is 2.92 bits per heavy atom. The van der Waals surface area contributed by atoms with Crippen LogP contribution < -0.4 is 5.32 Å². The SMILES string of the molecule is Cc1nn(C)c(C)c1-c1cc(C(=O)NC[C@H](O)c2ccsc2)[nH]n1. The maximum Gasteiger partial charge on any atom is 0.269 e. The number of carbonyl (C=O) groups is 1. The number of hydrogen-bond acceptors (Lipinski definition) is 5. The van der Waals surface area contributed by atoms with Gasteiger partial charge in [-0.25, -0.2) is 0 Å². The Labute approximate surface area is 143 Å². The van der Waals surface area contributed by atoms with Gasteiger partial charge in [0.2, 0.25) is 0 Å². The Morgan fingerprint density at radius 1 is 1.50 bits per heavy atom. The van der Waals surface area contributed by atoms with Crippen LogP contribution in [0.2, 0.25) is 0 Å². The van der Waals surface area contributed by atoms with Crippen LogP contribution in [0.15, 0.2) is 22.9 Å². The number of thiophene rings is 1. The minimum Gasteiger partial charge on any atom is -0.387 e. The molecule has 1 atom stereocenters. The van der Waals surface area contributed by atoms with Crippen molar-refractivity contribution in [2.75, 3.05) is 6.54 Å². The summed E-state index contributed by atoms with van der Waals surface area (Å²) in [6.45, 7) is 4.02. The molecule has 0 aliphatic heterocycles. The van der Waals surface area contributed by atoms with Crippen molar-refractivity contribution < 1.29 is 9.90 Å². The van der Waals surface area contributed by atoms with Crippen molar-refractivity contribution in [1.29, 1.82) is 0 Å². The van der Waals surface area contributed by atoms with E-state index in [0.717, 1.165) is 22.5 Å². The number of rotatable bonds is 5. The van der Waals surface area contributed by atoms with Crippen molar-refractivity contribution in [2.45, 2.75) is 20.0 Å². The zero-order valence-corrected chi connectivity index (χ0v) is 14.5. The molecule has 3 heterocycles. The molecule has 7 nitrogen and oxygen atoms in total. The minimum atomic E-state index is -0.717. The van der Waals surface area contributed by atoms with Crippen LogP contribution in [0, 0.1) is 13.8 Å². The molecule has 0 saturated carbocycles. The number of aryl methyl sites for hydroxylation is 2. The normalized spacial score (nSPS) is 12.3. The van der Waals surface area contributed by atoms with E-state index in [1.165, 1.54) is 11.3 Å². The molecule has 0 aliphatic rings. The standard InChI is InChI=1S/C16H19N5O2S/c1-9-15(10(2)21(3)20-9)12-6-13(19-18-12)16(23)17-7-14(22)11-4-5-24-8-11/h4-6,8,14,22H,7H2,1-3H3,(H,17,23)(H,18,19)/t14-/m0/s1. The van der Waals surface area contributed by atoms with Crippen molar-refractivity contribution in [2.24, 2.45) is 7.05 Å². The average Bonchev–Trinajstić information content (AvgIpc) is 3.27. The summed E-state index contributed by atoms with van der Waals surface area (Å²) in [6, 6.07) is 3.53. The van der Waals surface area contributed by atoms with Crippen molar-refractivity contribution in [3.8, 4) is 11.3 Å². The van der Waals surface area contributed by atoms with E-state index >= 15 is 0 Å². The molecule has 3 N–H and O–H groups in total. The Balaban J connectivity index is 1.70. The molecule has 3 aromatic heterocycles. The summed E-state index contributed by atoms with van der Waals surface area (Å²) >= 11 is 1.51. The number of nitrogens with zero attached hydrogens (tertiary/aromatic N) is 3. The number of carbonyl (C=O) groups excluding carboxylic acids is 1. The van der Waals surface area contributed by atoms with Gasteiger partial charge >= 0.3 is 0 Å². The van der Waals surface area contributed by atoms with E-state index in [4.69, 9.17) is 0 Å². The monoisotopic (exact) mass is 345 g/mol. The summed E-state index contributed by atoms with van der Waals surface area (Å²) in [7, 11) is 1.87.